The van der Waals surface area contributed by atoms with Gasteiger partial charge in [0.25, 0.3) is 0 Å². The summed E-state index contributed by atoms with van der Waals surface area (Å²) < 4.78 is 27.9. The SMILES string of the molecule is CC(C)(C)OC(=O)NC1CNCC12CS(=O)(=O)C2. The summed E-state index contributed by atoms with van der Waals surface area (Å²) in [7, 11) is -2.91. The number of carbonyl (C=O) groups is 1. The summed E-state index contributed by atoms with van der Waals surface area (Å²) in [5.74, 6) is 0.293. The molecular weight excluding hydrogens is 256 g/mol. The van der Waals surface area contributed by atoms with Crippen molar-refractivity contribution in [2.75, 3.05) is 24.6 Å². The normalized spacial score (nSPS) is 28.7. The molecule has 0 aromatic heterocycles. The predicted molar refractivity (Wildman–Crippen MR) is 67.1 cm³/mol. The first kappa shape index (κ1) is 13.6. The standard InChI is InChI=1S/C11H20N2O4S/c1-10(2,3)17-9(14)13-8-4-12-5-11(8)6-18(15,16)7-11/h8,12H,4-7H2,1-3H3,(H,13,14). The van der Waals surface area contributed by atoms with E-state index in [0.29, 0.717) is 13.1 Å². The summed E-state index contributed by atoms with van der Waals surface area (Å²) in [6, 6.07) is -0.170. The first-order valence-corrected chi connectivity index (χ1v) is 7.85. The molecule has 1 atom stereocenters. The second-order valence-electron chi connectivity index (χ2n) is 6.22. The fourth-order valence-electron chi connectivity index (χ4n) is 2.60. The van der Waals surface area contributed by atoms with Crippen LogP contribution in [0.3, 0.4) is 0 Å². The van der Waals surface area contributed by atoms with E-state index in [0.717, 1.165) is 0 Å². The highest BCUT2D eigenvalue weighted by atomic mass is 32.2. The molecule has 2 N–H and O–H groups in total. The van der Waals surface area contributed by atoms with Gasteiger partial charge in [-0.05, 0) is 20.8 Å². The third kappa shape index (κ3) is 2.77. The van der Waals surface area contributed by atoms with Crippen LogP contribution >= 0.6 is 0 Å². The van der Waals surface area contributed by atoms with Crippen molar-refractivity contribution in [1.29, 1.82) is 0 Å². The van der Waals surface area contributed by atoms with Crippen molar-refractivity contribution in [3.05, 3.63) is 0 Å². The molecule has 2 heterocycles. The summed E-state index contributed by atoms with van der Waals surface area (Å²) in [5, 5.41) is 5.91. The lowest BCUT2D eigenvalue weighted by Crippen LogP contribution is -2.61. The van der Waals surface area contributed by atoms with Crippen LogP contribution in [-0.2, 0) is 14.6 Å². The van der Waals surface area contributed by atoms with Crippen LogP contribution in [0.15, 0.2) is 0 Å². The lowest BCUT2D eigenvalue weighted by Gasteiger charge is -2.41. The van der Waals surface area contributed by atoms with Crippen molar-refractivity contribution in [3.8, 4) is 0 Å². The van der Waals surface area contributed by atoms with Crippen molar-refractivity contribution in [2.45, 2.75) is 32.4 Å². The number of alkyl carbamates (subject to hydrolysis) is 1. The molecule has 2 aliphatic heterocycles. The zero-order valence-electron chi connectivity index (χ0n) is 10.9. The average molecular weight is 276 g/mol. The number of ether oxygens (including phenoxy) is 1. The van der Waals surface area contributed by atoms with E-state index in [2.05, 4.69) is 10.6 Å². The van der Waals surface area contributed by atoms with Gasteiger partial charge in [0, 0.05) is 18.5 Å². The van der Waals surface area contributed by atoms with Crippen LogP contribution in [0.2, 0.25) is 0 Å². The van der Waals surface area contributed by atoms with Crippen molar-refractivity contribution >= 4 is 15.9 Å². The van der Waals surface area contributed by atoms with E-state index in [9.17, 15) is 13.2 Å². The van der Waals surface area contributed by atoms with Gasteiger partial charge in [-0.2, -0.15) is 0 Å². The smallest absolute Gasteiger partial charge is 0.407 e. The Hall–Kier alpha value is -0.820. The molecule has 6 nitrogen and oxygen atoms in total. The van der Waals surface area contributed by atoms with Crippen LogP contribution < -0.4 is 10.6 Å². The van der Waals surface area contributed by atoms with Crippen LogP contribution in [0.25, 0.3) is 0 Å². The van der Waals surface area contributed by atoms with Gasteiger partial charge in [0.15, 0.2) is 9.84 Å². The summed E-state index contributed by atoms with van der Waals surface area (Å²) in [4.78, 5) is 11.7. The van der Waals surface area contributed by atoms with Crippen LogP contribution in [0.5, 0.6) is 0 Å². The average Bonchev–Trinajstić information content (AvgIpc) is 2.43. The Kier molecular flexibility index (Phi) is 3.09. The van der Waals surface area contributed by atoms with Crippen LogP contribution in [0.4, 0.5) is 4.79 Å². The lowest BCUT2D eigenvalue weighted by molar-refractivity contribution is 0.0477. The molecule has 2 fully saturated rings. The van der Waals surface area contributed by atoms with Crippen molar-refractivity contribution in [3.63, 3.8) is 0 Å². The molecule has 1 unspecified atom stereocenters. The summed E-state index contributed by atoms with van der Waals surface area (Å²) in [6.07, 6.45) is -0.486. The van der Waals surface area contributed by atoms with E-state index in [4.69, 9.17) is 4.74 Å². The topological polar surface area (TPSA) is 84.5 Å². The van der Waals surface area contributed by atoms with Crippen molar-refractivity contribution < 1.29 is 17.9 Å². The van der Waals surface area contributed by atoms with Crippen molar-refractivity contribution in [1.82, 2.24) is 10.6 Å². The fraction of sp³-hybridized carbons (Fsp3) is 0.909. The van der Waals surface area contributed by atoms with E-state index in [1.54, 1.807) is 20.8 Å². The van der Waals surface area contributed by atoms with Crippen LogP contribution in [0.1, 0.15) is 20.8 Å². The first-order valence-electron chi connectivity index (χ1n) is 6.03. The van der Waals surface area contributed by atoms with Gasteiger partial charge in [-0.15, -0.1) is 0 Å². The highest BCUT2D eigenvalue weighted by molar-refractivity contribution is 7.92. The maximum Gasteiger partial charge on any atom is 0.407 e. The van der Waals surface area contributed by atoms with Crippen LogP contribution in [-0.4, -0.2) is 50.7 Å². The second kappa shape index (κ2) is 4.09. The number of sulfone groups is 1. The van der Waals surface area contributed by atoms with Gasteiger partial charge in [0.1, 0.15) is 5.60 Å². The van der Waals surface area contributed by atoms with Gasteiger partial charge < -0.3 is 15.4 Å². The molecule has 0 saturated carbocycles. The van der Waals surface area contributed by atoms with Gasteiger partial charge >= 0.3 is 6.09 Å². The Morgan fingerprint density at radius 1 is 1.39 bits per heavy atom. The predicted octanol–water partition coefficient (Wildman–Crippen LogP) is -0.102. The first-order chi connectivity index (χ1) is 8.12. The molecule has 2 rings (SSSR count). The Morgan fingerprint density at radius 2 is 2.00 bits per heavy atom. The third-order valence-electron chi connectivity index (χ3n) is 3.27. The third-order valence-corrected chi connectivity index (χ3v) is 5.30. The minimum atomic E-state index is -2.91. The van der Waals surface area contributed by atoms with E-state index >= 15 is 0 Å². The molecule has 0 bridgehead atoms. The molecule has 1 spiro atoms. The van der Waals surface area contributed by atoms with Gasteiger partial charge in [0.2, 0.25) is 0 Å². The Labute approximate surface area is 107 Å². The number of rotatable bonds is 1. The molecule has 18 heavy (non-hydrogen) atoms. The lowest BCUT2D eigenvalue weighted by atomic mass is 9.86. The van der Waals surface area contributed by atoms with E-state index < -0.39 is 21.5 Å². The van der Waals surface area contributed by atoms with Gasteiger partial charge in [-0.25, -0.2) is 13.2 Å². The zero-order chi connectivity index (χ0) is 13.6. The highest BCUT2D eigenvalue weighted by Gasteiger charge is 2.56. The molecule has 0 aromatic carbocycles. The minimum Gasteiger partial charge on any atom is -0.444 e. The highest BCUT2D eigenvalue weighted by Crippen LogP contribution is 2.38. The van der Waals surface area contributed by atoms with Crippen LogP contribution in [0, 0.1) is 5.41 Å². The summed E-state index contributed by atoms with van der Waals surface area (Å²) in [5.41, 5.74) is -0.884. The number of hydrogen-bond donors (Lipinski definition) is 2. The largest absolute Gasteiger partial charge is 0.444 e. The van der Waals surface area contributed by atoms with Crippen molar-refractivity contribution in [2.24, 2.45) is 5.41 Å². The molecule has 1 amide bonds. The Balaban J connectivity index is 1.96. The Bertz CT molecular complexity index is 440. The monoisotopic (exact) mass is 276 g/mol. The maximum atomic E-state index is 11.7. The molecule has 0 aliphatic carbocycles. The molecule has 0 aromatic rings. The molecule has 2 saturated heterocycles. The zero-order valence-corrected chi connectivity index (χ0v) is 11.8. The molecule has 7 heteroatoms. The number of nitrogens with one attached hydrogen (secondary N) is 2. The number of hydrogen-bond acceptors (Lipinski definition) is 5. The fourth-order valence-corrected chi connectivity index (χ4v) is 4.87. The Morgan fingerprint density at radius 3 is 2.50 bits per heavy atom. The maximum absolute atomic E-state index is 11.7. The number of amides is 1. The molecular formula is C11H20N2O4S. The molecule has 0 radical (unpaired) electrons. The van der Waals surface area contributed by atoms with E-state index in [-0.39, 0.29) is 23.0 Å². The minimum absolute atomic E-state index is 0.146. The molecule has 104 valence electrons. The second-order valence-corrected chi connectivity index (χ2v) is 8.29. The van der Waals surface area contributed by atoms with E-state index in [1.165, 1.54) is 0 Å². The van der Waals surface area contributed by atoms with Gasteiger partial charge in [-0.1, -0.05) is 0 Å². The summed E-state index contributed by atoms with van der Waals surface area (Å²) >= 11 is 0. The molecule has 2 aliphatic rings. The quantitative estimate of drug-likeness (QED) is 0.698. The summed E-state index contributed by atoms with van der Waals surface area (Å²) in [6.45, 7) is 6.61. The van der Waals surface area contributed by atoms with E-state index in [1.807, 2.05) is 0 Å². The van der Waals surface area contributed by atoms with Gasteiger partial charge in [-0.3, -0.25) is 0 Å². The van der Waals surface area contributed by atoms with Gasteiger partial charge in [0.05, 0.1) is 17.5 Å². The number of carbonyl (C=O) groups excluding carboxylic acids is 1.